The van der Waals surface area contributed by atoms with Gasteiger partial charge in [0.05, 0.1) is 0 Å². The number of oxime groups is 1. The Hall–Kier alpha value is -1.84. The molecule has 0 N–H and O–H groups in total. The first-order valence-electron chi connectivity index (χ1n) is 4.67. The van der Waals surface area contributed by atoms with E-state index in [1.807, 2.05) is 30.3 Å². The van der Waals surface area contributed by atoms with Gasteiger partial charge in [0.25, 0.3) is 5.91 Å². The van der Waals surface area contributed by atoms with Gasteiger partial charge in [-0.1, -0.05) is 23.4 Å². The quantitative estimate of drug-likeness (QED) is 0.555. The molecule has 0 aliphatic heterocycles. The van der Waals surface area contributed by atoms with Crippen LogP contribution < -0.4 is 4.90 Å². The van der Waals surface area contributed by atoms with Crippen LogP contribution in [-0.4, -0.2) is 25.8 Å². The third kappa shape index (κ3) is 3.42. The minimum Gasteiger partial charge on any atom is -0.386 e. The molecule has 1 aromatic rings. The maximum atomic E-state index is 11.5. The molecule has 4 heteroatoms. The van der Waals surface area contributed by atoms with Crippen molar-refractivity contribution < 1.29 is 9.63 Å². The molecule has 0 fully saturated rings. The Morgan fingerprint density at radius 3 is 2.73 bits per heavy atom. The number of hydrogen-bond acceptors (Lipinski definition) is 3. The lowest BCUT2D eigenvalue weighted by atomic mass is 10.3. The number of para-hydroxylation sites is 1. The monoisotopic (exact) mass is 206 g/mol. The SMILES string of the molecule is C/C=N/OCC(=O)N(C)c1ccccc1. The molecule has 1 rings (SSSR count). The van der Waals surface area contributed by atoms with Gasteiger partial charge < -0.3 is 9.74 Å². The van der Waals surface area contributed by atoms with E-state index in [1.54, 1.807) is 14.0 Å². The van der Waals surface area contributed by atoms with E-state index < -0.39 is 0 Å². The van der Waals surface area contributed by atoms with Gasteiger partial charge in [-0.2, -0.15) is 0 Å². The summed E-state index contributed by atoms with van der Waals surface area (Å²) in [5.41, 5.74) is 0.839. The molecule has 0 bridgehead atoms. The molecule has 4 nitrogen and oxygen atoms in total. The summed E-state index contributed by atoms with van der Waals surface area (Å²) >= 11 is 0. The molecule has 0 unspecified atom stereocenters. The molecule has 15 heavy (non-hydrogen) atoms. The van der Waals surface area contributed by atoms with Crippen molar-refractivity contribution in [2.24, 2.45) is 5.16 Å². The molecule has 0 spiro atoms. The highest BCUT2D eigenvalue weighted by Gasteiger charge is 2.10. The van der Waals surface area contributed by atoms with Crippen LogP contribution in [0.1, 0.15) is 6.92 Å². The normalized spacial score (nSPS) is 10.3. The van der Waals surface area contributed by atoms with Crippen molar-refractivity contribution in [2.45, 2.75) is 6.92 Å². The molecule has 80 valence electrons. The predicted octanol–water partition coefficient (Wildman–Crippen LogP) is 1.67. The number of rotatable bonds is 4. The molecule has 0 atom stereocenters. The van der Waals surface area contributed by atoms with Gasteiger partial charge >= 0.3 is 0 Å². The first kappa shape index (κ1) is 11.2. The van der Waals surface area contributed by atoms with Crippen LogP contribution in [0.5, 0.6) is 0 Å². The summed E-state index contributed by atoms with van der Waals surface area (Å²) in [5.74, 6) is -0.133. The van der Waals surface area contributed by atoms with E-state index in [0.717, 1.165) is 5.69 Å². The van der Waals surface area contributed by atoms with Gasteiger partial charge in [-0.25, -0.2) is 0 Å². The van der Waals surface area contributed by atoms with Crippen LogP contribution in [0.15, 0.2) is 35.5 Å². The fourth-order valence-electron chi connectivity index (χ4n) is 1.06. The van der Waals surface area contributed by atoms with Gasteiger partial charge in [-0.05, 0) is 19.1 Å². The average Bonchev–Trinajstić information content (AvgIpc) is 2.29. The van der Waals surface area contributed by atoms with Crippen LogP contribution in [0.2, 0.25) is 0 Å². The smallest absolute Gasteiger partial charge is 0.267 e. The largest absolute Gasteiger partial charge is 0.386 e. The summed E-state index contributed by atoms with van der Waals surface area (Å²) in [4.78, 5) is 17.8. The minimum absolute atomic E-state index is 0.0459. The highest BCUT2D eigenvalue weighted by Crippen LogP contribution is 2.10. The van der Waals surface area contributed by atoms with E-state index in [9.17, 15) is 4.79 Å². The van der Waals surface area contributed by atoms with Crippen LogP contribution >= 0.6 is 0 Å². The molecule has 0 aliphatic carbocycles. The number of carbonyl (C=O) groups excluding carboxylic acids is 1. The van der Waals surface area contributed by atoms with Crippen molar-refractivity contribution in [1.82, 2.24) is 0 Å². The molecule has 0 aromatic heterocycles. The topological polar surface area (TPSA) is 41.9 Å². The number of hydrogen-bond donors (Lipinski definition) is 0. The second-order valence-electron chi connectivity index (χ2n) is 2.93. The molecule has 0 saturated heterocycles. The van der Waals surface area contributed by atoms with Gasteiger partial charge in [0.15, 0.2) is 6.61 Å². The number of amides is 1. The molecule has 0 radical (unpaired) electrons. The van der Waals surface area contributed by atoms with Gasteiger partial charge in [0.1, 0.15) is 0 Å². The minimum atomic E-state index is -0.133. The van der Waals surface area contributed by atoms with Crippen LogP contribution in [0.25, 0.3) is 0 Å². The third-order valence-corrected chi connectivity index (χ3v) is 1.89. The highest BCUT2D eigenvalue weighted by molar-refractivity contribution is 5.93. The Kier molecular flexibility index (Phi) is 4.34. The zero-order valence-corrected chi connectivity index (χ0v) is 8.88. The zero-order valence-electron chi connectivity index (χ0n) is 8.88. The van der Waals surface area contributed by atoms with E-state index in [1.165, 1.54) is 11.1 Å². The summed E-state index contributed by atoms with van der Waals surface area (Å²) in [7, 11) is 1.71. The maximum absolute atomic E-state index is 11.5. The molecule has 0 aliphatic rings. The Bertz CT molecular complexity index is 336. The molecule has 0 heterocycles. The Morgan fingerprint density at radius 1 is 1.47 bits per heavy atom. The molecular formula is C11H14N2O2. The fraction of sp³-hybridized carbons (Fsp3) is 0.273. The van der Waals surface area contributed by atoms with Crippen molar-refractivity contribution in [3.8, 4) is 0 Å². The number of benzene rings is 1. The lowest BCUT2D eigenvalue weighted by Crippen LogP contribution is -2.29. The van der Waals surface area contributed by atoms with E-state index in [-0.39, 0.29) is 12.5 Å². The maximum Gasteiger partial charge on any atom is 0.267 e. The lowest BCUT2D eigenvalue weighted by Gasteiger charge is -2.15. The van der Waals surface area contributed by atoms with Crippen LogP contribution in [-0.2, 0) is 9.63 Å². The summed E-state index contributed by atoms with van der Waals surface area (Å²) in [5, 5.41) is 3.52. The number of anilines is 1. The summed E-state index contributed by atoms with van der Waals surface area (Å²) in [6, 6.07) is 9.38. The first-order valence-corrected chi connectivity index (χ1v) is 4.67. The molecule has 0 saturated carbocycles. The Balaban J connectivity index is 2.53. The van der Waals surface area contributed by atoms with Crippen molar-refractivity contribution in [2.75, 3.05) is 18.6 Å². The summed E-state index contributed by atoms with van der Waals surface area (Å²) < 4.78 is 0. The van der Waals surface area contributed by atoms with Crippen LogP contribution in [0.4, 0.5) is 5.69 Å². The van der Waals surface area contributed by atoms with Crippen molar-refractivity contribution >= 4 is 17.8 Å². The number of carbonyl (C=O) groups is 1. The molecule has 1 aromatic carbocycles. The standard InChI is InChI=1S/C11H14N2O2/c1-3-12-15-9-11(14)13(2)10-7-5-4-6-8-10/h3-8H,9H2,1-2H3/b12-3+. The second kappa shape index (κ2) is 5.80. The van der Waals surface area contributed by atoms with Gasteiger partial charge in [-0.15, -0.1) is 0 Å². The zero-order chi connectivity index (χ0) is 11.1. The van der Waals surface area contributed by atoms with Gasteiger partial charge in [-0.3, -0.25) is 4.79 Å². The van der Waals surface area contributed by atoms with Gasteiger partial charge in [0, 0.05) is 18.9 Å². The van der Waals surface area contributed by atoms with Crippen molar-refractivity contribution in [3.63, 3.8) is 0 Å². The van der Waals surface area contributed by atoms with E-state index in [0.29, 0.717) is 0 Å². The molecule has 1 amide bonds. The lowest BCUT2D eigenvalue weighted by molar-refractivity contribution is -0.122. The third-order valence-electron chi connectivity index (χ3n) is 1.89. The van der Waals surface area contributed by atoms with Crippen LogP contribution in [0.3, 0.4) is 0 Å². The van der Waals surface area contributed by atoms with E-state index in [4.69, 9.17) is 4.84 Å². The van der Waals surface area contributed by atoms with Crippen molar-refractivity contribution in [3.05, 3.63) is 30.3 Å². The summed E-state index contributed by atoms with van der Waals surface area (Å²) in [6.07, 6.45) is 1.50. The first-order chi connectivity index (χ1) is 7.25. The number of nitrogens with zero attached hydrogens (tertiary/aromatic N) is 2. The van der Waals surface area contributed by atoms with E-state index in [2.05, 4.69) is 5.16 Å². The van der Waals surface area contributed by atoms with E-state index >= 15 is 0 Å². The van der Waals surface area contributed by atoms with Crippen molar-refractivity contribution in [1.29, 1.82) is 0 Å². The Labute approximate surface area is 89.1 Å². The van der Waals surface area contributed by atoms with Gasteiger partial charge in [0.2, 0.25) is 0 Å². The second-order valence-corrected chi connectivity index (χ2v) is 2.93. The average molecular weight is 206 g/mol. The molecular weight excluding hydrogens is 192 g/mol. The fourth-order valence-corrected chi connectivity index (χ4v) is 1.06. The number of likely N-dealkylation sites (N-methyl/N-ethyl adjacent to an activating group) is 1. The highest BCUT2D eigenvalue weighted by atomic mass is 16.6. The Morgan fingerprint density at radius 2 is 2.13 bits per heavy atom. The predicted molar refractivity (Wildman–Crippen MR) is 60.0 cm³/mol. The summed E-state index contributed by atoms with van der Waals surface area (Å²) in [6.45, 7) is 1.68. The van der Waals surface area contributed by atoms with Crippen LogP contribution in [0, 0.1) is 0 Å².